The summed E-state index contributed by atoms with van der Waals surface area (Å²) >= 11 is 0. The van der Waals surface area contributed by atoms with Crippen LogP contribution in [0.5, 0.6) is 0 Å². The quantitative estimate of drug-likeness (QED) is 0.704. The van der Waals surface area contributed by atoms with Crippen LogP contribution in [0.3, 0.4) is 0 Å². The number of carboxylic acid groups (broad SMARTS) is 1. The van der Waals surface area contributed by atoms with E-state index in [9.17, 15) is 9.59 Å². The first kappa shape index (κ1) is 10.0. The molecule has 13 heavy (non-hydrogen) atoms. The minimum atomic E-state index is -0.803. The van der Waals surface area contributed by atoms with Gasteiger partial charge in [0.25, 0.3) is 0 Å². The lowest BCUT2D eigenvalue weighted by molar-refractivity contribution is -0.140. The highest BCUT2D eigenvalue weighted by molar-refractivity contribution is 5.78. The van der Waals surface area contributed by atoms with Crippen molar-refractivity contribution in [2.24, 2.45) is 5.92 Å². The van der Waals surface area contributed by atoms with Crippen LogP contribution in [0, 0.1) is 5.92 Å². The Kier molecular flexibility index (Phi) is 3.28. The number of piperidine rings is 1. The molecule has 1 amide bonds. The Morgan fingerprint density at radius 1 is 1.69 bits per heavy atom. The summed E-state index contributed by atoms with van der Waals surface area (Å²) < 4.78 is 0. The molecular weight excluding hydrogens is 170 g/mol. The third-order valence-corrected chi connectivity index (χ3v) is 2.47. The van der Waals surface area contributed by atoms with Crippen LogP contribution in [0.2, 0.25) is 0 Å². The molecule has 1 aliphatic heterocycles. The van der Waals surface area contributed by atoms with Crippen LogP contribution >= 0.6 is 0 Å². The lowest BCUT2D eigenvalue weighted by Gasteiger charge is -2.30. The van der Waals surface area contributed by atoms with E-state index in [-0.39, 0.29) is 18.2 Å². The van der Waals surface area contributed by atoms with E-state index in [1.165, 1.54) is 0 Å². The van der Waals surface area contributed by atoms with Crippen molar-refractivity contribution in [3.05, 3.63) is 0 Å². The molecule has 1 unspecified atom stereocenters. The van der Waals surface area contributed by atoms with Gasteiger partial charge in [-0.25, -0.2) is 0 Å². The molecule has 0 saturated carbocycles. The zero-order valence-corrected chi connectivity index (χ0v) is 7.82. The van der Waals surface area contributed by atoms with Crippen LogP contribution in [0.15, 0.2) is 0 Å². The van der Waals surface area contributed by atoms with Gasteiger partial charge in [0, 0.05) is 25.9 Å². The van der Waals surface area contributed by atoms with E-state index in [0.717, 1.165) is 13.0 Å². The Morgan fingerprint density at radius 3 is 2.85 bits per heavy atom. The van der Waals surface area contributed by atoms with Crippen LogP contribution < -0.4 is 0 Å². The Balaban J connectivity index is 2.41. The molecule has 0 aliphatic carbocycles. The summed E-state index contributed by atoms with van der Waals surface area (Å²) in [5.41, 5.74) is 0. The van der Waals surface area contributed by atoms with Gasteiger partial charge in [0.05, 0.1) is 0 Å². The second kappa shape index (κ2) is 4.25. The number of likely N-dealkylation sites (tertiary alicyclic amines) is 1. The van der Waals surface area contributed by atoms with Crippen molar-refractivity contribution >= 4 is 11.9 Å². The van der Waals surface area contributed by atoms with Gasteiger partial charge in [-0.15, -0.1) is 0 Å². The highest BCUT2D eigenvalue weighted by atomic mass is 16.4. The van der Waals surface area contributed by atoms with E-state index in [1.54, 1.807) is 4.90 Å². The number of hydrogen-bond acceptors (Lipinski definition) is 2. The lowest BCUT2D eigenvalue weighted by atomic mass is 9.93. The Hall–Kier alpha value is -1.06. The van der Waals surface area contributed by atoms with Gasteiger partial charge >= 0.3 is 5.97 Å². The summed E-state index contributed by atoms with van der Waals surface area (Å²) in [4.78, 5) is 23.5. The largest absolute Gasteiger partial charge is 0.481 e. The monoisotopic (exact) mass is 185 g/mol. The van der Waals surface area contributed by atoms with Crippen molar-refractivity contribution < 1.29 is 14.7 Å². The molecule has 0 aromatic heterocycles. The molecule has 1 saturated heterocycles. The number of carbonyl (C=O) groups is 2. The summed E-state index contributed by atoms with van der Waals surface area (Å²) in [5.74, 6) is -0.657. The topological polar surface area (TPSA) is 57.6 Å². The maximum Gasteiger partial charge on any atom is 0.303 e. The van der Waals surface area contributed by atoms with Crippen molar-refractivity contribution in [2.75, 3.05) is 13.1 Å². The molecule has 1 N–H and O–H groups in total. The van der Waals surface area contributed by atoms with Crippen molar-refractivity contribution in [3.8, 4) is 0 Å². The Labute approximate surface area is 77.5 Å². The first-order valence-corrected chi connectivity index (χ1v) is 4.63. The Bertz CT molecular complexity index is 215. The third-order valence-electron chi connectivity index (χ3n) is 2.47. The van der Waals surface area contributed by atoms with Gasteiger partial charge < -0.3 is 10.0 Å². The smallest absolute Gasteiger partial charge is 0.303 e. The normalized spacial score (nSPS) is 23.3. The van der Waals surface area contributed by atoms with E-state index < -0.39 is 5.97 Å². The third kappa shape index (κ3) is 2.72. The molecule has 0 spiro atoms. The summed E-state index contributed by atoms with van der Waals surface area (Å²) in [7, 11) is 0. The van der Waals surface area contributed by atoms with Gasteiger partial charge in [0.2, 0.25) is 5.91 Å². The van der Waals surface area contributed by atoms with Gasteiger partial charge in [-0.1, -0.05) is 0 Å². The molecule has 0 radical (unpaired) electrons. The molecule has 4 heteroatoms. The molecule has 1 rings (SSSR count). The number of hydrogen-bond donors (Lipinski definition) is 1. The first-order valence-electron chi connectivity index (χ1n) is 4.63. The fraction of sp³-hybridized carbons (Fsp3) is 0.778. The number of carboxylic acids is 1. The van der Waals surface area contributed by atoms with E-state index in [0.29, 0.717) is 13.0 Å². The first-order chi connectivity index (χ1) is 6.13. The SMILES string of the molecule is CCN1CCC(CC(=O)O)CC1=O. The molecule has 0 aromatic rings. The summed E-state index contributed by atoms with van der Waals surface area (Å²) in [6.07, 6.45) is 1.36. The van der Waals surface area contributed by atoms with Gasteiger partial charge in [-0.05, 0) is 19.3 Å². The molecule has 1 atom stereocenters. The fourth-order valence-electron chi connectivity index (χ4n) is 1.70. The highest BCUT2D eigenvalue weighted by Crippen LogP contribution is 2.20. The number of aliphatic carboxylic acids is 1. The van der Waals surface area contributed by atoms with Gasteiger partial charge in [0.1, 0.15) is 0 Å². The van der Waals surface area contributed by atoms with Crippen molar-refractivity contribution in [2.45, 2.75) is 26.2 Å². The molecule has 1 heterocycles. The highest BCUT2D eigenvalue weighted by Gasteiger charge is 2.25. The van der Waals surface area contributed by atoms with E-state index in [1.807, 2.05) is 6.92 Å². The van der Waals surface area contributed by atoms with Gasteiger partial charge in [-0.2, -0.15) is 0 Å². The second-order valence-electron chi connectivity index (χ2n) is 3.43. The summed E-state index contributed by atoms with van der Waals surface area (Å²) in [5, 5.41) is 8.55. The molecule has 4 nitrogen and oxygen atoms in total. The molecule has 0 bridgehead atoms. The molecule has 0 aromatic carbocycles. The number of rotatable bonds is 3. The van der Waals surface area contributed by atoms with E-state index >= 15 is 0 Å². The minimum Gasteiger partial charge on any atom is -0.481 e. The zero-order valence-electron chi connectivity index (χ0n) is 7.82. The van der Waals surface area contributed by atoms with Crippen molar-refractivity contribution in [3.63, 3.8) is 0 Å². The van der Waals surface area contributed by atoms with Crippen molar-refractivity contribution in [1.82, 2.24) is 4.90 Å². The summed E-state index contributed by atoms with van der Waals surface area (Å²) in [6, 6.07) is 0. The van der Waals surface area contributed by atoms with Crippen LogP contribution in [0.25, 0.3) is 0 Å². The Morgan fingerprint density at radius 2 is 2.38 bits per heavy atom. The maximum atomic E-state index is 11.4. The van der Waals surface area contributed by atoms with E-state index in [2.05, 4.69) is 0 Å². The van der Waals surface area contributed by atoms with Crippen LogP contribution in [0.4, 0.5) is 0 Å². The fourth-order valence-corrected chi connectivity index (χ4v) is 1.70. The molecule has 1 fully saturated rings. The van der Waals surface area contributed by atoms with Crippen LogP contribution in [0.1, 0.15) is 26.2 Å². The number of amides is 1. The minimum absolute atomic E-state index is 0.0489. The predicted molar refractivity (Wildman–Crippen MR) is 47.2 cm³/mol. The number of nitrogens with zero attached hydrogens (tertiary/aromatic N) is 1. The average molecular weight is 185 g/mol. The summed E-state index contributed by atoms with van der Waals surface area (Å²) in [6.45, 7) is 3.39. The maximum absolute atomic E-state index is 11.4. The van der Waals surface area contributed by atoms with Crippen molar-refractivity contribution in [1.29, 1.82) is 0 Å². The second-order valence-corrected chi connectivity index (χ2v) is 3.43. The molecule has 74 valence electrons. The lowest BCUT2D eigenvalue weighted by Crippen LogP contribution is -2.39. The number of carbonyl (C=O) groups excluding carboxylic acids is 1. The standard InChI is InChI=1S/C9H15NO3/c1-2-10-4-3-7(5-8(10)11)6-9(12)13/h7H,2-6H2,1H3,(H,12,13). The van der Waals surface area contributed by atoms with Crippen LogP contribution in [-0.2, 0) is 9.59 Å². The van der Waals surface area contributed by atoms with Gasteiger partial charge in [-0.3, -0.25) is 9.59 Å². The van der Waals surface area contributed by atoms with Gasteiger partial charge in [0.15, 0.2) is 0 Å². The van der Waals surface area contributed by atoms with E-state index in [4.69, 9.17) is 5.11 Å². The average Bonchev–Trinajstić information content (AvgIpc) is 2.03. The zero-order chi connectivity index (χ0) is 9.84. The predicted octanol–water partition coefficient (Wildman–Crippen LogP) is 0.720. The van der Waals surface area contributed by atoms with Crippen LogP contribution in [-0.4, -0.2) is 35.0 Å². The molecule has 1 aliphatic rings. The molecular formula is C9H15NO3.